The average molecular weight is 407 g/mol. The zero-order chi connectivity index (χ0) is 20.1. The molecule has 0 spiro atoms. The average Bonchev–Trinajstić information content (AvgIpc) is 3.29. The normalized spacial score (nSPS) is 26.7. The number of carboxylic acids is 2. The third-order valence-corrected chi connectivity index (χ3v) is 6.28. The fourth-order valence-electron chi connectivity index (χ4n) is 4.43. The van der Waals surface area contributed by atoms with Crippen LogP contribution in [0.4, 0.5) is 0 Å². The topological polar surface area (TPSA) is 81.1 Å². The summed E-state index contributed by atoms with van der Waals surface area (Å²) in [5.41, 5.74) is 1.26. The lowest BCUT2D eigenvalue weighted by molar-refractivity contribution is -0.159. The Morgan fingerprint density at radius 2 is 1.61 bits per heavy atom. The van der Waals surface area contributed by atoms with Crippen molar-refractivity contribution in [3.63, 3.8) is 0 Å². The van der Waals surface area contributed by atoms with Gasteiger partial charge in [-0.15, -0.1) is 0 Å². The summed E-state index contributed by atoms with van der Waals surface area (Å²) in [6, 6.07) is 8.24. The smallest absolute Gasteiger partial charge is 0.414 e. The lowest BCUT2D eigenvalue weighted by Gasteiger charge is -2.37. The molecule has 2 N–H and O–H groups in total. The lowest BCUT2D eigenvalue weighted by Crippen LogP contribution is -2.47. The van der Waals surface area contributed by atoms with Crippen molar-refractivity contribution in [1.82, 2.24) is 9.80 Å². The fourth-order valence-corrected chi connectivity index (χ4v) is 4.63. The van der Waals surface area contributed by atoms with Crippen LogP contribution in [0, 0.1) is 17.8 Å². The Balaban J connectivity index is 0.000000330. The van der Waals surface area contributed by atoms with Crippen LogP contribution >= 0.6 is 11.6 Å². The maximum Gasteiger partial charge on any atom is 0.414 e. The molecule has 0 radical (unpaired) electrons. The second kappa shape index (κ2) is 9.54. The van der Waals surface area contributed by atoms with Crippen LogP contribution in [0.15, 0.2) is 36.4 Å². The minimum absolute atomic E-state index is 0.881. The zero-order valence-corrected chi connectivity index (χ0v) is 16.6. The van der Waals surface area contributed by atoms with Gasteiger partial charge in [0, 0.05) is 44.3 Å². The lowest BCUT2D eigenvalue weighted by atomic mass is 9.93. The number of piperazine rings is 1. The molecule has 3 unspecified atom stereocenters. The van der Waals surface area contributed by atoms with Crippen molar-refractivity contribution in [1.29, 1.82) is 0 Å². The van der Waals surface area contributed by atoms with Crippen LogP contribution in [0.1, 0.15) is 18.4 Å². The fraction of sp³-hybridized carbons (Fsp3) is 0.524. The maximum atomic E-state index is 9.10. The SMILES string of the molecule is Clc1ccccc1CN1CCN(CC2CC3C=CC2C3)CC1.O=C(O)C(=O)O. The number of nitrogens with zero attached hydrogens (tertiary/aromatic N) is 2. The van der Waals surface area contributed by atoms with Crippen LogP contribution in [-0.4, -0.2) is 64.7 Å². The van der Waals surface area contributed by atoms with E-state index in [1.54, 1.807) is 0 Å². The molecule has 7 heteroatoms. The van der Waals surface area contributed by atoms with Crippen molar-refractivity contribution in [2.45, 2.75) is 19.4 Å². The number of carbonyl (C=O) groups is 2. The van der Waals surface area contributed by atoms with Crippen molar-refractivity contribution < 1.29 is 19.8 Å². The molecule has 1 aromatic carbocycles. The second-order valence-corrected chi connectivity index (χ2v) is 8.23. The predicted octanol–water partition coefficient (Wildman–Crippen LogP) is 2.83. The first-order valence-corrected chi connectivity index (χ1v) is 10.1. The summed E-state index contributed by atoms with van der Waals surface area (Å²) in [6.45, 7) is 7.06. The van der Waals surface area contributed by atoms with Crippen LogP contribution < -0.4 is 0 Å². The van der Waals surface area contributed by atoms with Crippen LogP contribution in [0.2, 0.25) is 5.02 Å². The predicted molar refractivity (Wildman–Crippen MR) is 107 cm³/mol. The second-order valence-electron chi connectivity index (χ2n) is 7.82. The minimum atomic E-state index is -1.82. The Labute approximate surface area is 170 Å². The first-order valence-electron chi connectivity index (χ1n) is 9.75. The summed E-state index contributed by atoms with van der Waals surface area (Å²) >= 11 is 6.28. The van der Waals surface area contributed by atoms with E-state index >= 15 is 0 Å². The number of rotatable bonds is 4. The van der Waals surface area contributed by atoms with E-state index in [1.807, 2.05) is 12.1 Å². The summed E-state index contributed by atoms with van der Waals surface area (Å²) in [4.78, 5) is 23.4. The molecule has 1 saturated heterocycles. The van der Waals surface area contributed by atoms with Gasteiger partial charge < -0.3 is 15.1 Å². The van der Waals surface area contributed by atoms with E-state index in [9.17, 15) is 0 Å². The first kappa shape index (κ1) is 20.8. The number of allylic oxidation sites excluding steroid dienone is 2. The number of hydrogen-bond donors (Lipinski definition) is 2. The zero-order valence-electron chi connectivity index (χ0n) is 15.8. The molecule has 1 saturated carbocycles. The highest BCUT2D eigenvalue weighted by atomic mass is 35.5. The van der Waals surface area contributed by atoms with Crippen LogP contribution in [0.5, 0.6) is 0 Å². The Kier molecular flexibility index (Phi) is 7.10. The van der Waals surface area contributed by atoms with E-state index < -0.39 is 11.9 Å². The van der Waals surface area contributed by atoms with Gasteiger partial charge in [0.05, 0.1) is 0 Å². The van der Waals surface area contributed by atoms with Crippen LogP contribution in [-0.2, 0) is 16.1 Å². The molecule has 28 heavy (non-hydrogen) atoms. The number of halogens is 1. The number of aliphatic carboxylic acids is 2. The first-order chi connectivity index (χ1) is 13.4. The van der Waals surface area contributed by atoms with E-state index in [0.29, 0.717) is 0 Å². The van der Waals surface area contributed by atoms with E-state index in [4.69, 9.17) is 31.4 Å². The Morgan fingerprint density at radius 1 is 0.964 bits per heavy atom. The molecule has 3 aliphatic rings. The summed E-state index contributed by atoms with van der Waals surface area (Å²) in [5.74, 6) is -0.946. The number of hydrogen-bond acceptors (Lipinski definition) is 4. The maximum absolute atomic E-state index is 9.10. The quantitative estimate of drug-likeness (QED) is 0.591. The van der Waals surface area contributed by atoms with Gasteiger partial charge >= 0.3 is 11.9 Å². The summed E-state index contributed by atoms with van der Waals surface area (Å²) in [6.07, 6.45) is 7.79. The van der Waals surface area contributed by atoms with Crippen molar-refractivity contribution in [2.75, 3.05) is 32.7 Å². The molecule has 0 amide bonds. The molecule has 1 aromatic rings. The minimum Gasteiger partial charge on any atom is -0.473 e. The standard InChI is InChI=1S/C19H25ClN2.C2H2O4/c20-19-4-2-1-3-17(19)13-21-7-9-22(10-8-21)14-18-12-15-5-6-16(18)11-15;3-1(4)2(5)6/h1-6,15-16,18H,7-14H2;(H,3,4)(H,5,6). The highest BCUT2D eigenvalue weighted by Crippen LogP contribution is 2.43. The van der Waals surface area contributed by atoms with E-state index in [1.165, 1.54) is 51.1 Å². The molecule has 4 rings (SSSR count). The van der Waals surface area contributed by atoms with E-state index in [0.717, 1.165) is 29.3 Å². The highest BCUT2D eigenvalue weighted by Gasteiger charge is 2.36. The molecule has 2 fully saturated rings. The Bertz CT molecular complexity index is 719. The summed E-state index contributed by atoms with van der Waals surface area (Å²) in [5, 5.41) is 15.7. The van der Waals surface area contributed by atoms with Gasteiger partial charge in [0.15, 0.2) is 0 Å². The molecular weight excluding hydrogens is 380 g/mol. The van der Waals surface area contributed by atoms with Gasteiger partial charge in [-0.05, 0) is 42.2 Å². The van der Waals surface area contributed by atoms with Gasteiger partial charge in [0.25, 0.3) is 0 Å². The Hall–Kier alpha value is -1.89. The molecular formula is C21H27ClN2O4. The van der Waals surface area contributed by atoms with Crippen LogP contribution in [0.3, 0.4) is 0 Å². The molecule has 2 bridgehead atoms. The van der Waals surface area contributed by atoms with Gasteiger partial charge in [-0.1, -0.05) is 42.0 Å². The van der Waals surface area contributed by atoms with Crippen molar-refractivity contribution in [2.24, 2.45) is 17.8 Å². The largest absolute Gasteiger partial charge is 0.473 e. The van der Waals surface area contributed by atoms with Gasteiger partial charge in [0.1, 0.15) is 0 Å². The van der Waals surface area contributed by atoms with Crippen molar-refractivity contribution in [3.8, 4) is 0 Å². The van der Waals surface area contributed by atoms with Gasteiger partial charge in [-0.25, -0.2) is 9.59 Å². The van der Waals surface area contributed by atoms with Gasteiger partial charge in [0.2, 0.25) is 0 Å². The molecule has 1 heterocycles. The van der Waals surface area contributed by atoms with Gasteiger partial charge in [-0.2, -0.15) is 0 Å². The van der Waals surface area contributed by atoms with Crippen LogP contribution in [0.25, 0.3) is 0 Å². The third-order valence-electron chi connectivity index (χ3n) is 5.91. The highest BCUT2D eigenvalue weighted by molar-refractivity contribution is 6.31. The molecule has 6 nitrogen and oxygen atoms in total. The summed E-state index contributed by atoms with van der Waals surface area (Å²) < 4.78 is 0. The van der Waals surface area contributed by atoms with Crippen molar-refractivity contribution in [3.05, 3.63) is 47.0 Å². The number of benzene rings is 1. The molecule has 0 aromatic heterocycles. The molecule has 2 aliphatic carbocycles. The van der Waals surface area contributed by atoms with Crippen molar-refractivity contribution >= 4 is 23.5 Å². The third kappa shape index (κ3) is 5.56. The molecule has 3 atom stereocenters. The Morgan fingerprint density at radius 3 is 2.14 bits per heavy atom. The van der Waals surface area contributed by atoms with E-state index in [2.05, 4.69) is 34.1 Å². The molecule has 152 valence electrons. The number of carboxylic acid groups (broad SMARTS) is 2. The summed E-state index contributed by atoms with van der Waals surface area (Å²) in [7, 11) is 0. The van der Waals surface area contributed by atoms with E-state index in [-0.39, 0.29) is 0 Å². The monoisotopic (exact) mass is 406 g/mol. The molecule has 1 aliphatic heterocycles. The number of fused-ring (bicyclic) bond motifs is 2. The van der Waals surface area contributed by atoms with Gasteiger partial charge in [-0.3, -0.25) is 4.90 Å².